The molecule has 0 unspecified atom stereocenters. The SMILES string of the molecule is COc1ccccc1Cc1cnc([C@@H]2CCCN(C(=O)Cn3nc(C)ccc3=O)C2)o1. The number of hydrogen-bond acceptors (Lipinski definition) is 6. The first-order valence-corrected chi connectivity index (χ1v) is 10.4. The van der Waals surface area contributed by atoms with E-state index in [1.807, 2.05) is 24.3 Å². The normalized spacial score (nSPS) is 16.3. The molecule has 1 aliphatic rings. The second kappa shape index (κ2) is 9.16. The first-order valence-electron chi connectivity index (χ1n) is 10.4. The molecule has 162 valence electrons. The molecule has 8 heteroatoms. The lowest BCUT2D eigenvalue weighted by Gasteiger charge is -2.31. The Balaban J connectivity index is 1.42. The molecule has 1 fully saturated rings. The van der Waals surface area contributed by atoms with E-state index in [0.717, 1.165) is 29.9 Å². The molecule has 1 amide bonds. The van der Waals surface area contributed by atoms with E-state index in [9.17, 15) is 9.59 Å². The standard InChI is InChI=1S/C23H26N4O4/c1-16-9-10-21(28)27(25-16)15-22(29)26-11-5-7-18(14-26)23-24-13-19(31-23)12-17-6-3-4-8-20(17)30-2/h3-4,6,8-10,13,18H,5,7,11-12,14-15H2,1-2H3/t18-/m1/s1. The van der Waals surface area contributed by atoms with Gasteiger partial charge in [-0.15, -0.1) is 0 Å². The number of nitrogens with zero attached hydrogens (tertiary/aromatic N) is 4. The minimum absolute atomic E-state index is 0.0336. The lowest BCUT2D eigenvalue weighted by atomic mass is 9.98. The molecule has 31 heavy (non-hydrogen) atoms. The zero-order valence-corrected chi connectivity index (χ0v) is 17.8. The summed E-state index contributed by atoms with van der Waals surface area (Å²) < 4.78 is 12.7. The molecular formula is C23H26N4O4. The van der Waals surface area contributed by atoms with Gasteiger partial charge in [-0.2, -0.15) is 5.10 Å². The summed E-state index contributed by atoms with van der Waals surface area (Å²) in [7, 11) is 1.65. The van der Waals surface area contributed by atoms with Crippen molar-refractivity contribution in [2.75, 3.05) is 20.2 Å². The zero-order valence-electron chi connectivity index (χ0n) is 17.8. The summed E-state index contributed by atoms with van der Waals surface area (Å²) in [4.78, 5) is 31.0. The number of amides is 1. The molecule has 3 heterocycles. The predicted octanol–water partition coefficient (Wildman–Crippen LogP) is 2.55. The van der Waals surface area contributed by atoms with Gasteiger partial charge in [-0.1, -0.05) is 18.2 Å². The Kier molecular flexibility index (Phi) is 6.16. The molecule has 0 bridgehead atoms. The molecule has 1 saturated heterocycles. The number of aromatic nitrogens is 3. The van der Waals surface area contributed by atoms with E-state index in [0.29, 0.717) is 31.1 Å². The number of likely N-dealkylation sites (tertiary alicyclic amines) is 1. The maximum atomic E-state index is 12.8. The third-order valence-corrected chi connectivity index (χ3v) is 5.54. The van der Waals surface area contributed by atoms with Crippen LogP contribution in [-0.2, 0) is 17.8 Å². The van der Waals surface area contributed by atoms with Gasteiger partial charge >= 0.3 is 0 Å². The smallest absolute Gasteiger partial charge is 0.267 e. The highest BCUT2D eigenvalue weighted by molar-refractivity contribution is 5.76. The molecule has 1 aliphatic heterocycles. The number of piperidine rings is 1. The van der Waals surface area contributed by atoms with Gasteiger partial charge in [0.15, 0.2) is 5.89 Å². The minimum atomic E-state index is -0.277. The van der Waals surface area contributed by atoms with E-state index >= 15 is 0 Å². The van der Waals surface area contributed by atoms with Crippen LogP contribution in [0, 0.1) is 6.92 Å². The molecule has 4 rings (SSSR count). The number of ether oxygens (including phenoxy) is 1. The zero-order chi connectivity index (χ0) is 21.8. The summed E-state index contributed by atoms with van der Waals surface area (Å²) in [6.07, 6.45) is 4.10. The highest BCUT2D eigenvalue weighted by Gasteiger charge is 2.28. The summed E-state index contributed by atoms with van der Waals surface area (Å²) in [5, 5.41) is 4.16. The number of para-hydroxylation sites is 1. The number of rotatable bonds is 6. The van der Waals surface area contributed by atoms with Gasteiger partial charge in [0.2, 0.25) is 5.91 Å². The number of aryl methyl sites for hydroxylation is 1. The van der Waals surface area contributed by atoms with Crippen molar-refractivity contribution >= 4 is 5.91 Å². The van der Waals surface area contributed by atoms with Crippen molar-refractivity contribution in [3.8, 4) is 5.75 Å². The first-order chi connectivity index (χ1) is 15.0. The van der Waals surface area contributed by atoms with Crippen LogP contribution in [0.3, 0.4) is 0 Å². The van der Waals surface area contributed by atoms with Crippen molar-refractivity contribution in [1.29, 1.82) is 0 Å². The largest absolute Gasteiger partial charge is 0.496 e. The number of benzene rings is 1. The van der Waals surface area contributed by atoms with E-state index in [1.165, 1.54) is 10.7 Å². The van der Waals surface area contributed by atoms with Gasteiger partial charge < -0.3 is 14.1 Å². The summed E-state index contributed by atoms with van der Waals surface area (Å²) in [5.74, 6) is 2.14. The van der Waals surface area contributed by atoms with Gasteiger partial charge in [-0.3, -0.25) is 9.59 Å². The van der Waals surface area contributed by atoms with Crippen molar-refractivity contribution in [3.63, 3.8) is 0 Å². The molecule has 2 aromatic heterocycles. The van der Waals surface area contributed by atoms with Crippen LogP contribution in [0.15, 0.2) is 51.8 Å². The van der Waals surface area contributed by atoms with Gasteiger partial charge in [-0.25, -0.2) is 9.67 Å². The van der Waals surface area contributed by atoms with E-state index < -0.39 is 0 Å². The minimum Gasteiger partial charge on any atom is -0.496 e. The van der Waals surface area contributed by atoms with Crippen LogP contribution in [-0.4, -0.2) is 45.8 Å². The third-order valence-electron chi connectivity index (χ3n) is 5.54. The fraction of sp³-hybridized carbons (Fsp3) is 0.391. The van der Waals surface area contributed by atoms with Gasteiger partial charge in [0.05, 0.1) is 24.9 Å². The van der Waals surface area contributed by atoms with E-state index in [4.69, 9.17) is 9.15 Å². The van der Waals surface area contributed by atoms with Gasteiger partial charge in [-0.05, 0) is 31.9 Å². The van der Waals surface area contributed by atoms with Crippen molar-refractivity contribution in [3.05, 3.63) is 75.9 Å². The van der Waals surface area contributed by atoms with Crippen molar-refractivity contribution in [2.24, 2.45) is 0 Å². The Hall–Kier alpha value is -3.42. The quantitative estimate of drug-likeness (QED) is 0.606. The first kappa shape index (κ1) is 20.8. The van der Waals surface area contributed by atoms with E-state index in [-0.39, 0.29) is 23.9 Å². The molecule has 0 N–H and O–H groups in total. The van der Waals surface area contributed by atoms with Crippen LogP contribution in [0.1, 0.15) is 41.7 Å². The van der Waals surface area contributed by atoms with Crippen LogP contribution < -0.4 is 10.3 Å². The van der Waals surface area contributed by atoms with Crippen molar-refractivity contribution in [1.82, 2.24) is 19.7 Å². The van der Waals surface area contributed by atoms with Crippen molar-refractivity contribution < 1.29 is 13.9 Å². The molecule has 1 aromatic carbocycles. The fourth-order valence-electron chi connectivity index (χ4n) is 3.93. The van der Waals surface area contributed by atoms with Gasteiger partial charge in [0, 0.05) is 31.1 Å². The maximum Gasteiger partial charge on any atom is 0.267 e. The number of oxazole rings is 1. The molecule has 0 saturated carbocycles. The average Bonchev–Trinajstić information content (AvgIpc) is 3.25. The topological polar surface area (TPSA) is 90.5 Å². The lowest BCUT2D eigenvalue weighted by molar-refractivity contribution is -0.133. The Morgan fingerprint density at radius 3 is 2.94 bits per heavy atom. The fourth-order valence-corrected chi connectivity index (χ4v) is 3.93. The summed E-state index contributed by atoms with van der Waals surface area (Å²) >= 11 is 0. The molecule has 1 atom stereocenters. The summed E-state index contributed by atoms with van der Waals surface area (Å²) in [6, 6.07) is 10.9. The maximum absolute atomic E-state index is 12.8. The Morgan fingerprint density at radius 2 is 2.10 bits per heavy atom. The van der Waals surface area contributed by atoms with Crippen LogP contribution in [0.2, 0.25) is 0 Å². The average molecular weight is 422 g/mol. The molecule has 3 aromatic rings. The summed E-state index contributed by atoms with van der Waals surface area (Å²) in [6.45, 7) is 2.92. The molecule has 0 radical (unpaired) electrons. The number of carbonyl (C=O) groups is 1. The molecular weight excluding hydrogens is 396 g/mol. The second-order valence-electron chi connectivity index (χ2n) is 7.80. The third kappa shape index (κ3) is 4.84. The molecule has 0 aliphatic carbocycles. The highest BCUT2D eigenvalue weighted by Crippen LogP contribution is 2.28. The number of hydrogen-bond donors (Lipinski definition) is 0. The predicted molar refractivity (Wildman–Crippen MR) is 114 cm³/mol. The highest BCUT2D eigenvalue weighted by atomic mass is 16.5. The van der Waals surface area contributed by atoms with Crippen LogP contribution in [0.4, 0.5) is 0 Å². The van der Waals surface area contributed by atoms with Gasteiger partial charge in [0.1, 0.15) is 18.1 Å². The number of methoxy groups -OCH3 is 1. The monoisotopic (exact) mass is 422 g/mol. The Morgan fingerprint density at radius 1 is 1.26 bits per heavy atom. The number of carbonyl (C=O) groups excluding carboxylic acids is 1. The Bertz CT molecular complexity index is 1120. The summed E-state index contributed by atoms with van der Waals surface area (Å²) in [5.41, 5.74) is 1.46. The van der Waals surface area contributed by atoms with Gasteiger partial charge in [0.25, 0.3) is 5.56 Å². The lowest BCUT2D eigenvalue weighted by Crippen LogP contribution is -2.42. The van der Waals surface area contributed by atoms with Crippen LogP contribution in [0.25, 0.3) is 0 Å². The van der Waals surface area contributed by atoms with Crippen LogP contribution in [0.5, 0.6) is 5.75 Å². The van der Waals surface area contributed by atoms with Crippen LogP contribution >= 0.6 is 0 Å². The second-order valence-corrected chi connectivity index (χ2v) is 7.80. The van der Waals surface area contributed by atoms with Crippen molar-refractivity contribution in [2.45, 2.75) is 38.6 Å². The molecule has 8 nitrogen and oxygen atoms in total. The van der Waals surface area contributed by atoms with E-state index in [1.54, 1.807) is 31.2 Å². The molecule has 0 spiro atoms. The van der Waals surface area contributed by atoms with E-state index in [2.05, 4.69) is 10.1 Å². The Labute approximate surface area is 180 Å².